The van der Waals surface area contributed by atoms with Gasteiger partial charge in [-0.25, -0.2) is 4.39 Å². The molecule has 0 saturated carbocycles. The minimum absolute atomic E-state index is 0.195. The van der Waals surface area contributed by atoms with Crippen molar-refractivity contribution >= 4 is 21.5 Å². The Kier molecular flexibility index (Phi) is 7.11. The van der Waals surface area contributed by atoms with Crippen molar-refractivity contribution in [3.05, 3.63) is 102 Å². The SMILES string of the molecule is N#Cc1ccc(-c2c(C#N)c3c(F)c4c(C#N)c(-c5ccc(C#N)c(C(F)(F)F)c5)c(=O)c4c(C(F)(F)F)c3c2=O)cc1C(F)(F)F. The zero-order valence-corrected chi connectivity index (χ0v) is 22.3. The third-order valence-corrected chi connectivity index (χ3v) is 7.32. The van der Waals surface area contributed by atoms with Crippen LogP contribution in [0.5, 0.6) is 0 Å². The molecule has 5 rings (SSSR count). The molecule has 0 aliphatic rings. The van der Waals surface area contributed by atoms with Gasteiger partial charge in [0.05, 0.1) is 51.1 Å². The average Bonchev–Trinajstić information content (AvgIpc) is 3.46. The summed E-state index contributed by atoms with van der Waals surface area (Å²) in [5, 5.41) is 31.7. The number of hydrogen-bond acceptors (Lipinski definition) is 6. The van der Waals surface area contributed by atoms with Gasteiger partial charge < -0.3 is 0 Å². The summed E-state index contributed by atoms with van der Waals surface area (Å²) in [6.07, 6.45) is -16.2. The zero-order chi connectivity index (χ0) is 35.0. The molecule has 5 aromatic rings. The fourth-order valence-electron chi connectivity index (χ4n) is 5.49. The van der Waals surface area contributed by atoms with Gasteiger partial charge in [-0.2, -0.15) is 60.6 Å². The van der Waals surface area contributed by atoms with E-state index in [9.17, 15) is 59.6 Å². The Labute approximate surface area is 253 Å². The van der Waals surface area contributed by atoms with Crippen molar-refractivity contribution in [2.75, 3.05) is 0 Å². The summed E-state index contributed by atoms with van der Waals surface area (Å²) in [6.45, 7) is 0. The molecule has 232 valence electrons. The van der Waals surface area contributed by atoms with Crippen molar-refractivity contribution in [3.63, 3.8) is 0 Å². The first kappa shape index (κ1) is 32.1. The monoisotopic (exact) mass is 656 g/mol. The minimum atomic E-state index is -5.75. The molecule has 0 aliphatic heterocycles. The normalized spacial score (nSPS) is 12.1. The van der Waals surface area contributed by atoms with Gasteiger partial charge in [0, 0.05) is 32.7 Å². The van der Waals surface area contributed by atoms with Crippen molar-refractivity contribution in [2.24, 2.45) is 0 Å². The Morgan fingerprint density at radius 3 is 1.15 bits per heavy atom. The molecule has 5 aromatic carbocycles. The molecular weight excluding hydrogens is 650 g/mol. The van der Waals surface area contributed by atoms with E-state index in [1.807, 2.05) is 0 Å². The van der Waals surface area contributed by atoms with Gasteiger partial charge in [0.15, 0.2) is 10.9 Å². The second-order valence-corrected chi connectivity index (χ2v) is 9.81. The van der Waals surface area contributed by atoms with E-state index in [1.54, 1.807) is 0 Å². The Morgan fingerprint density at radius 1 is 0.511 bits per heavy atom. The predicted molar refractivity (Wildman–Crippen MR) is 141 cm³/mol. The van der Waals surface area contributed by atoms with E-state index in [0.717, 1.165) is 0 Å². The van der Waals surface area contributed by atoms with E-state index in [0.29, 0.717) is 24.3 Å². The maximum atomic E-state index is 16.3. The van der Waals surface area contributed by atoms with Crippen LogP contribution in [-0.4, -0.2) is 0 Å². The molecule has 0 saturated heterocycles. The molecule has 0 unspecified atom stereocenters. The van der Waals surface area contributed by atoms with Crippen LogP contribution in [-0.2, 0) is 18.5 Å². The van der Waals surface area contributed by atoms with E-state index in [4.69, 9.17) is 10.5 Å². The summed E-state index contributed by atoms with van der Waals surface area (Å²) in [4.78, 5) is 27.1. The number of benzene rings is 3. The van der Waals surface area contributed by atoms with Gasteiger partial charge in [-0.1, -0.05) is 12.1 Å². The smallest absolute Gasteiger partial charge is 0.288 e. The minimum Gasteiger partial charge on any atom is -0.288 e. The van der Waals surface area contributed by atoms with Crippen molar-refractivity contribution in [2.45, 2.75) is 18.5 Å². The van der Waals surface area contributed by atoms with Crippen molar-refractivity contribution in [1.29, 1.82) is 21.0 Å². The molecule has 0 aliphatic carbocycles. The highest BCUT2D eigenvalue weighted by molar-refractivity contribution is 6.13. The number of alkyl halides is 9. The maximum Gasteiger partial charge on any atom is 0.417 e. The van der Waals surface area contributed by atoms with Crippen LogP contribution in [0.1, 0.15) is 38.9 Å². The molecule has 47 heavy (non-hydrogen) atoms. The van der Waals surface area contributed by atoms with E-state index in [2.05, 4.69) is 0 Å². The lowest BCUT2D eigenvalue weighted by Gasteiger charge is -2.11. The van der Waals surface area contributed by atoms with E-state index in [-0.39, 0.29) is 12.1 Å². The Morgan fingerprint density at radius 2 is 0.872 bits per heavy atom. The third-order valence-electron chi connectivity index (χ3n) is 7.32. The highest BCUT2D eigenvalue weighted by Gasteiger charge is 2.43. The van der Waals surface area contributed by atoms with Gasteiger partial charge in [0.1, 0.15) is 18.0 Å². The molecule has 0 amide bonds. The van der Waals surface area contributed by atoms with Gasteiger partial charge in [-0.3, -0.25) is 9.59 Å². The molecule has 0 radical (unpaired) electrons. The van der Waals surface area contributed by atoms with Crippen LogP contribution in [0.15, 0.2) is 46.0 Å². The molecule has 0 spiro atoms. The molecule has 6 nitrogen and oxygen atoms in total. The number of nitrogens with zero attached hydrogens (tertiary/aromatic N) is 4. The van der Waals surface area contributed by atoms with E-state index >= 15 is 4.39 Å². The Bertz CT molecular complexity index is 2310. The van der Waals surface area contributed by atoms with Crippen LogP contribution < -0.4 is 10.9 Å². The summed E-state index contributed by atoms with van der Waals surface area (Å²) in [7, 11) is 0. The molecule has 0 fully saturated rings. The number of hydrogen-bond donors (Lipinski definition) is 0. The Hall–Kier alpha value is -6.26. The number of fused-ring (bicyclic) bond motifs is 2. The standard InChI is InChI=1S/C31H6F10N4O2/c32-26-21-15(9-44)19(11-1-3-13(7-42)17(5-11)29(33,34)35)27(46)23(21)25(31(39,40)41)24-22(26)16(10-45)20(28(24)47)12-2-4-14(8-43)18(6-12)30(36,37)38/h1-6H. The van der Waals surface area contributed by atoms with Crippen molar-refractivity contribution in [1.82, 2.24) is 0 Å². The second-order valence-electron chi connectivity index (χ2n) is 9.81. The van der Waals surface area contributed by atoms with E-state index < -0.39 is 118 Å². The molecule has 0 aromatic heterocycles. The van der Waals surface area contributed by atoms with Crippen LogP contribution in [0.25, 0.3) is 43.8 Å². The highest BCUT2D eigenvalue weighted by atomic mass is 19.4. The quantitative estimate of drug-likeness (QED) is 0.180. The van der Waals surface area contributed by atoms with E-state index in [1.165, 1.54) is 24.3 Å². The van der Waals surface area contributed by atoms with Crippen LogP contribution >= 0.6 is 0 Å². The first-order valence-electron chi connectivity index (χ1n) is 12.4. The van der Waals surface area contributed by atoms with Gasteiger partial charge in [-0.15, -0.1) is 0 Å². The van der Waals surface area contributed by atoms with Crippen LogP contribution in [0, 0.1) is 51.1 Å². The first-order chi connectivity index (χ1) is 21.8. The summed E-state index contributed by atoms with van der Waals surface area (Å²) >= 11 is 0. The first-order valence-corrected chi connectivity index (χ1v) is 12.4. The Balaban J connectivity index is 2.02. The molecule has 0 N–H and O–H groups in total. The number of rotatable bonds is 2. The van der Waals surface area contributed by atoms with Crippen LogP contribution in [0.4, 0.5) is 43.9 Å². The topological polar surface area (TPSA) is 129 Å². The fourth-order valence-corrected chi connectivity index (χ4v) is 5.49. The number of nitriles is 4. The number of halogens is 10. The lowest BCUT2D eigenvalue weighted by molar-refractivity contribution is -0.138. The van der Waals surface area contributed by atoms with Gasteiger partial charge in [0.2, 0.25) is 0 Å². The van der Waals surface area contributed by atoms with Crippen LogP contribution in [0.2, 0.25) is 0 Å². The lowest BCUT2D eigenvalue weighted by atomic mass is 9.97. The maximum absolute atomic E-state index is 16.3. The molecule has 0 bridgehead atoms. The largest absolute Gasteiger partial charge is 0.417 e. The molecular formula is C31H6F10N4O2. The molecule has 16 heteroatoms. The predicted octanol–water partition coefficient (Wildman–Crippen LogP) is 7.61. The lowest BCUT2D eigenvalue weighted by Crippen LogP contribution is -2.15. The summed E-state index contributed by atoms with van der Waals surface area (Å²) in [5.74, 6) is -1.92. The van der Waals surface area contributed by atoms with Gasteiger partial charge >= 0.3 is 18.5 Å². The fraction of sp³-hybridized carbons (Fsp3) is 0.0968. The molecule has 0 atom stereocenters. The molecule has 0 heterocycles. The highest BCUT2D eigenvalue weighted by Crippen LogP contribution is 2.47. The van der Waals surface area contributed by atoms with Gasteiger partial charge in [0.25, 0.3) is 0 Å². The average molecular weight is 656 g/mol. The second kappa shape index (κ2) is 10.4. The zero-order valence-electron chi connectivity index (χ0n) is 22.3. The van der Waals surface area contributed by atoms with Crippen LogP contribution in [0.3, 0.4) is 0 Å². The summed E-state index contributed by atoms with van der Waals surface area (Å²) in [6, 6.07) is 8.00. The summed E-state index contributed by atoms with van der Waals surface area (Å²) in [5.41, 5.74) is -17.4. The van der Waals surface area contributed by atoms with Gasteiger partial charge in [-0.05, 0) is 35.4 Å². The van der Waals surface area contributed by atoms with Crippen molar-refractivity contribution in [3.8, 4) is 46.5 Å². The van der Waals surface area contributed by atoms with Crippen molar-refractivity contribution < 1.29 is 43.9 Å². The third kappa shape index (κ3) is 4.70. The summed E-state index contributed by atoms with van der Waals surface area (Å²) < 4.78 is 142.